The van der Waals surface area contributed by atoms with Gasteiger partial charge in [0.05, 0.1) is 10.9 Å². The van der Waals surface area contributed by atoms with Gasteiger partial charge in [0, 0.05) is 17.6 Å². The van der Waals surface area contributed by atoms with Crippen molar-refractivity contribution in [3.8, 4) is 0 Å². The van der Waals surface area contributed by atoms with E-state index in [1.807, 2.05) is 17.6 Å². The average molecular weight is 298 g/mol. The number of benzene rings is 1. The van der Waals surface area contributed by atoms with Crippen LogP contribution in [0.2, 0.25) is 0 Å². The highest BCUT2D eigenvalue weighted by Crippen LogP contribution is 2.24. The van der Waals surface area contributed by atoms with E-state index in [0.29, 0.717) is 18.5 Å². The van der Waals surface area contributed by atoms with Gasteiger partial charge < -0.3 is 10.3 Å². The van der Waals surface area contributed by atoms with Crippen LogP contribution in [0.5, 0.6) is 0 Å². The molecule has 2 heterocycles. The van der Waals surface area contributed by atoms with Crippen molar-refractivity contribution in [1.29, 1.82) is 0 Å². The quantitative estimate of drug-likeness (QED) is 0.759. The van der Waals surface area contributed by atoms with Crippen LogP contribution in [-0.4, -0.2) is 21.3 Å². The molecule has 0 saturated carbocycles. The number of H-pyrrole nitrogens is 1. The van der Waals surface area contributed by atoms with Gasteiger partial charge in [0.25, 0.3) is 5.56 Å². The molecule has 0 bridgehead atoms. The molecule has 3 N–H and O–H groups in total. The Morgan fingerprint density at radius 2 is 2.18 bits per heavy atom. The standard InChI is InChI=1S/C17H22N4O/c1-3-5-12-6-7-14-13(10-12)16-15(11(2)19-20-16)17(22)21(14)9-4-8-18/h6-7,10H,3-5,8-9,18H2,1-2H3,(H,19,20). The predicted octanol–water partition coefficient (Wildman–Crippen LogP) is 2.49. The largest absolute Gasteiger partial charge is 0.330 e. The van der Waals surface area contributed by atoms with Crippen LogP contribution in [0.25, 0.3) is 21.8 Å². The molecule has 5 nitrogen and oxygen atoms in total. The lowest BCUT2D eigenvalue weighted by molar-refractivity contribution is 0.654. The van der Waals surface area contributed by atoms with Crippen LogP contribution in [0.1, 0.15) is 31.0 Å². The maximum Gasteiger partial charge on any atom is 0.262 e. The minimum absolute atomic E-state index is 0.0189. The van der Waals surface area contributed by atoms with E-state index >= 15 is 0 Å². The van der Waals surface area contributed by atoms with E-state index in [4.69, 9.17) is 5.73 Å². The van der Waals surface area contributed by atoms with Gasteiger partial charge in [-0.3, -0.25) is 9.89 Å². The Morgan fingerprint density at radius 3 is 2.91 bits per heavy atom. The summed E-state index contributed by atoms with van der Waals surface area (Å²) in [6.07, 6.45) is 2.91. The first-order valence-corrected chi connectivity index (χ1v) is 7.87. The van der Waals surface area contributed by atoms with Crippen LogP contribution in [0.3, 0.4) is 0 Å². The number of aromatic amines is 1. The number of rotatable bonds is 5. The van der Waals surface area contributed by atoms with Crippen molar-refractivity contribution in [3.05, 3.63) is 39.8 Å². The smallest absolute Gasteiger partial charge is 0.262 e. The molecular formula is C17H22N4O. The highest BCUT2D eigenvalue weighted by Gasteiger charge is 2.15. The first-order chi connectivity index (χ1) is 10.7. The van der Waals surface area contributed by atoms with E-state index in [9.17, 15) is 4.79 Å². The van der Waals surface area contributed by atoms with Crippen LogP contribution in [0, 0.1) is 6.92 Å². The van der Waals surface area contributed by atoms with E-state index in [1.54, 1.807) is 0 Å². The van der Waals surface area contributed by atoms with E-state index < -0.39 is 0 Å². The van der Waals surface area contributed by atoms with E-state index in [-0.39, 0.29) is 5.56 Å². The molecule has 3 rings (SSSR count). The van der Waals surface area contributed by atoms with Crippen molar-refractivity contribution in [1.82, 2.24) is 14.8 Å². The summed E-state index contributed by atoms with van der Waals surface area (Å²) in [5.74, 6) is 0. The molecule has 0 saturated heterocycles. The summed E-state index contributed by atoms with van der Waals surface area (Å²) >= 11 is 0. The summed E-state index contributed by atoms with van der Waals surface area (Å²) in [5.41, 5.74) is 9.46. The van der Waals surface area contributed by atoms with E-state index in [2.05, 4.69) is 29.3 Å². The van der Waals surface area contributed by atoms with Gasteiger partial charge in [0.2, 0.25) is 0 Å². The summed E-state index contributed by atoms with van der Waals surface area (Å²) in [6, 6.07) is 6.32. The number of hydrogen-bond acceptors (Lipinski definition) is 3. The summed E-state index contributed by atoms with van der Waals surface area (Å²) < 4.78 is 1.84. The van der Waals surface area contributed by atoms with Crippen molar-refractivity contribution in [3.63, 3.8) is 0 Å². The van der Waals surface area contributed by atoms with E-state index in [1.165, 1.54) is 5.56 Å². The van der Waals surface area contributed by atoms with Crippen LogP contribution in [0.4, 0.5) is 0 Å². The fraction of sp³-hybridized carbons (Fsp3) is 0.412. The van der Waals surface area contributed by atoms with Crippen LogP contribution in [0.15, 0.2) is 23.0 Å². The molecular weight excluding hydrogens is 276 g/mol. The molecule has 0 fully saturated rings. The Hall–Kier alpha value is -2.14. The lowest BCUT2D eigenvalue weighted by atomic mass is 10.0. The molecule has 2 aromatic heterocycles. The van der Waals surface area contributed by atoms with Crippen molar-refractivity contribution in [2.24, 2.45) is 5.73 Å². The normalized spacial score (nSPS) is 11.6. The molecule has 3 aromatic rings. The zero-order valence-corrected chi connectivity index (χ0v) is 13.1. The zero-order valence-electron chi connectivity index (χ0n) is 13.1. The fourth-order valence-corrected chi connectivity index (χ4v) is 3.05. The molecule has 22 heavy (non-hydrogen) atoms. The summed E-state index contributed by atoms with van der Waals surface area (Å²) in [6.45, 7) is 5.27. The predicted molar refractivity (Wildman–Crippen MR) is 90.3 cm³/mol. The fourth-order valence-electron chi connectivity index (χ4n) is 3.05. The number of nitrogens with two attached hydrogens (primary N) is 1. The van der Waals surface area contributed by atoms with Crippen LogP contribution in [-0.2, 0) is 13.0 Å². The van der Waals surface area contributed by atoms with Gasteiger partial charge in [-0.05, 0) is 44.0 Å². The second-order valence-electron chi connectivity index (χ2n) is 5.77. The molecule has 0 aliphatic heterocycles. The summed E-state index contributed by atoms with van der Waals surface area (Å²) in [5, 5.41) is 9.06. The molecule has 0 atom stereocenters. The lowest BCUT2D eigenvalue weighted by Gasteiger charge is -2.12. The lowest BCUT2D eigenvalue weighted by Crippen LogP contribution is -2.22. The van der Waals surface area contributed by atoms with Crippen molar-refractivity contribution in [2.75, 3.05) is 6.54 Å². The van der Waals surface area contributed by atoms with Gasteiger partial charge in [0.15, 0.2) is 0 Å². The average Bonchev–Trinajstić information content (AvgIpc) is 2.90. The molecule has 0 aliphatic carbocycles. The number of hydrogen-bond donors (Lipinski definition) is 2. The number of aromatic nitrogens is 3. The zero-order chi connectivity index (χ0) is 15.7. The van der Waals surface area contributed by atoms with Crippen molar-refractivity contribution < 1.29 is 0 Å². The minimum Gasteiger partial charge on any atom is -0.330 e. The Bertz CT molecular complexity index is 876. The highest BCUT2D eigenvalue weighted by molar-refractivity contribution is 6.04. The first-order valence-electron chi connectivity index (χ1n) is 7.87. The van der Waals surface area contributed by atoms with Gasteiger partial charge in [-0.1, -0.05) is 19.4 Å². The van der Waals surface area contributed by atoms with Gasteiger partial charge in [-0.25, -0.2) is 0 Å². The third kappa shape index (κ3) is 2.31. The minimum atomic E-state index is 0.0189. The number of aryl methyl sites for hydroxylation is 3. The molecule has 1 aromatic carbocycles. The third-order valence-electron chi connectivity index (χ3n) is 4.14. The summed E-state index contributed by atoms with van der Waals surface area (Å²) in [7, 11) is 0. The maximum absolute atomic E-state index is 12.8. The van der Waals surface area contributed by atoms with E-state index in [0.717, 1.165) is 41.4 Å². The molecule has 5 heteroatoms. The Balaban J connectivity index is 2.37. The number of nitrogens with zero attached hydrogens (tertiary/aromatic N) is 2. The molecule has 0 amide bonds. The second kappa shape index (κ2) is 5.93. The number of nitrogens with one attached hydrogen (secondary N) is 1. The molecule has 116 valence electrons. The molecule has 0 aliphatic rings. The summed E-state index contributed by atoms with van der Waals surface area (Å²) in [4.78, 5) is 12.8. The first kappa shape index (κ1) is 14.8. The van der Waals surface area contributed by atoms with Crippen LogP contribution < -0.4 is 11.3 Å². The second-order valence-corrected chi connectivity index (χ2v) is 5.77. The molecule has 0 spiro atoms. The molecule has 0 unspecified atom stereocenters. The van der Waals surface area contributed by atoms with Gasteiger partial charge in [-0.2, -0.15) is 5.10 Å². The Kier molecular flexibility index (Phi) is 3.98. The van der Waals surface area contributed by atoms with Gasteiger partial charge in [-0.15, -0.1) is 0 Å². The number of fused-ring (bicyclic) bond motifs is 3. The highest BCUT2D eigenvalue weighted by atomic mass is 16.1. The topological polar surface area (TPSA) is 76.7 Å². The molecule has 0 radical (unpaired) electrons. The van der Waals surface area contributed by atoms with Gasteiger partial charge >= 0.3 is 0 Å². The van der Waals surface area contributed by atoms with Crippen molar-refractivity contribution in [2.45, 2.75) is 39.7 Å². The Labute approximate surface area is 129 Å². The SMILES string of the molecule is CCCc1ccc2c(c1)c1n[nH]c(C)c1c(=O)n2CCCN. The maximum atomic E-state index is 12.8. The van der Waals surface area contributed by atoms with Crippen LogP contribution >= 0.6 is 0 Å². The Morgan fingerprint density at radius 1 is 1.36 bits per heavy atom. The third-order valence-corrected chi connectivity index (χ3v) is 4.14. The number of pyridine rings is 1. The monoisotopic (exact) mass is 298 g/mol. The van der Waals surface area contributed by atoms with Crippen molar-refractivity contribution >= 4 is 21.8 Å². The van der Waals surface area contributed by atoms with Gasteiger partial charge in [0.1, 0.15) is 5.52 Å².